The fourth-order valence-electron chi connectivity index (χ4n) is 2.33. The third-order valence-electron chi connectivity index (χ3n) is 3.44. The van der Waals surface area contributed by atoms with E-state index in [2.05, 4.69) is 10.0 Å². The zero-order valence-electron chi connectivity index (χ0n) is 11.8. The van der Waals surface area contributed by atoms with Gasteiger partial charge in [0, 0.05) is 12.3 Å². The third-order valence-corrected chi connectivity index (χ3v) is 4.89. The molecule has 1 aromatic rings. The summed E-state index contributed by atoms with van der Waals surface area (Å²) in [6, 6.07) is 4.84. The van der Waals surface area contributed by atoms with Crippen LogP contribution in [-0.4, -0.2) is 34.2 Å². The Labute approximate surface area is 119 Å². The van der Waals surface area contributed by atoms with E-state index in [1.54, 1.807) is 12.1 Å². The standard InChI is InChI=1S/C13H21N3O3S/c1-13(6-3-7-19-9-13)16-11-5-4-10(14)8-12(11)20(17,18)15-2/h4-5,8,15-16H,3,6-7,9,14H2,1-2H3. The number of rotatable bonds is 4. The summed E-state index contributed by atoms with van der Waals surface area (Å²) < 4.78 is 32.0. The van der Waals surface area contributed by atoms with Crippen LogP contribution in [0.1, 0.15) is 19.8 Å². The molecule has 7 heteroatoms. The maximum Gasteiger partial charge on any atom is 0.242 e. The van der Waals surface area contributed by atoms with E-state index in [1.807, 2.05) is 6.92 Å². The van der Waals surface area contributed by atoms with Gasteiger partial charge in [-0.25, -0.2) is 13.1 Å². The molecular weight excluding hydrogens is 278 g/mol. The van der Waals surface area contributed by atoms with Crippen molar-refractivity contribution in [3.63, 3.8) is 0 Å². The molecular formula is C13H21N3O3S. The monoisotopic (exact) mass is 299 g/mol. The van der Waals surface area contributed by atoms with Gasteiger partial charge in [0.25, 0.3) is 0 Å². The van der Waals surface area contributed by atoms with Gasteiger partial charge in [-0.1, -0.05) is 0 Å². The molecule has 1 fully saturated rings. The molecule has 0 amide bonds. The van der Waals surface area contributed by atoms with E-state index >= 15 is 0 Å². The quantitative estimate of drug-likeness (QED) is 0.725. The molecule has 1 atom stereocenters. The molecule has 2 rings (SSSR count). The van der Waals surface area contributed by atoms with Crippen molar-refractivity contribution in [2.75, 3.05) is 31.3 Å². The summed E-state index contributed by atoms with van der Waals surface area (Å²) in [5.74, 6) is 0. The first-order valence-electron chi connectivity index (χ1n) is 6.55. The lowest BCUT2D eigenvalue weighted by Crippen LogP contribution is -2.43. The van der Waals surface area contributed by atoms with Gasteiger partial charge >= 0.3 is 0 Å². The second-order valence-electron chi connectivity index (χ2n) is 5.30. The van der Waals surface area contributed by atoms with Gasteiger partial charge in [0.15, 0.2) is 0 Å². The summed E-state index contributed by atoms with van der Waals surface area (Å²) in [6.45, 7) is 3.33. The maximum absolute atomic E-state index is 12.1. The smallest absolute Gasteiger partial charge is 0.242 e. The van der Waals surface area contributed by atoms with E-state index in [-0.39, 0.29) is 10.4 Å². The fraction of sp³-hybridized carbons (Fsp3) is 0.538. The topological polar surface area (TPSA) is 93.5 Å². The van der Waals surface area contributed by atoms with E-state index < -0.39 is 10.0 Å². The summed E-state index contributed by atoms with van der Waals surface area (Å²) in [5, 5.41) is 3.29. The average molecular weight is 299 g/mol. The van der Waals surface area contributed by atoms with Crippen molar-refractivity contribution in [1.82, 2.24) is 4.72 Å². The van der Waals surface area contributed by atoms with Gasteiger partial charge in [-0.05, 0) is 45.0 Å². The number of nitrogens with one attached hydrogen (secondary N) is 2. The first-order chi connectivity index (χ1) is 9.36. The van der Waals surface area contributed by atoms with Crippen molar-refractivity contribution in [3.05, 3.63) is 18.2 Å². The van der Waals surface area contributed by atoms with Gasteiger partial charge in [-0.3, -0.25) is 0 Å². The Morgan fingerprint density at radius 3 is 2.75 bits per heavy atom. The van der Waals surface area contributed by atoms with Crippen molar-refractivity contribution in [3.8, 4) is 0 Å². The van der Waals surface area contributed by atoms with E-state index in [4.69, 9.17) is 10.5 Å². The third kappa shape index (κ3) is 3.23. The first kappa shape index (κ1) is 15.1. The Morgan fingerprint density at radius 1 is 1.40 bits per heavy atom. The van der Waals surface area contributed by atoms with Gasteiger partial charge in [-0.15, -0.1) is 0 Å². The molecule has 0 bridgehead atoms. The molecule has 4 N–H and O–H groups in total. The largest absolute Gasteiger partial charge is 0.399 e. The molecule has 0 radical (unpaired) electrons. The van der Waals surface area contributed by atoms with Crippen molar-refractivity contribution in [2.24, 2.45) is 0 Å². The number of hydrogen-bond donors (Lipinski definition) is 3. The van der Waals surface area contributed by atoms with Crippen LogP contribution in [0.3, 0.4) is 0 Å². The fourth-order valence-corrected chi connectivity index (χ4v) is 3.25. The Morgan fingerprint density at radius 2 is 2.15 bits per heavy atom. The SMILES string of the molecule is CNS(=O)(=O)c1cc(N)ccc1NC1(C)CCCOC1. The Bertz CT molecular complexity index is 581. The summed E-state index contributed by atoms with van der Waals surface area (Å²) in [6.07, 6.45) is 1.88. The second-order valence-corrected chi connectivity index (χ2v) is 7.16. The molecule has 0 saturated carbocycles. The number of nitrogen functional groups attached to an aromatic ring is 1. The highest BCUT2D eigenvalue weighted by Gasteiger charge is 2.29. The van der Waals surface area contributed by atoms with Gasteiger partial charge in [0.1, 0.15) is 4.90 Å². The predicted molar refractivity (Wildman–Crippen MR) is 79.2 cm³/mol. The summed E-state index contributed by atoms with van der Waals surface area (Å²) >= 11 is 0. The van der Waals surface area contributed by atoms with Gasteiger partial charge in [0.05, 0.1) is 17.8 Å². The molecule has 1 heterocycles. The summed E-state index contributed by atoms with van der Waals surface area (Å²) in [4.78, 5) is 0.159. The molecule has 1 unspecified atom stereocenters. The lowest BCUT2D eigenvalue weighted by atomic mass is 9.94. The van der Waals surface area contributed by atoms with Crippen LogP contribution in [0.2, 0.25) is 0 Å². The molecule has 1 saturated heterocycles. The molecule has 1 aliphatic rings. The Kier molecular flexibility index (Phi) is 4.22. The van der Waals surface area contributed by atoms with E-state index in [0.29, 0.717) is 18.0 Å². The van der Waals surface area contributed by atoms with Crippen molar-refractivity contribution in [1.29, 1.82) is 0 Å². The van der Waals surface area contributed by atoms with Crippen LogP contribution in [0.15, 0.2) is 23.1 Å². The minimum atomic E-state index is -3.56. The van der Waals surface area contributed by atoms with Crippen molar-refractivity contribution in [2.45, 2.75) is 30.2 Å². The number of anilines is 2. The van der Waals surface area contributed by atoms with Crippen molar-refractivity contribution >= 4 is 21.4 Å². The highest BCUT2D eigenvalue weighted by Crippen LogP contribution is 2.29. The molecule has 20 heavy (non-hydrogen) atoms. The number of nitrogens with two attached hydrogens (primary N) is 1. The molecule has 1 aromatic carbocycles. The molecule has 0 aromatic heterocycles. The lowest BCUT2D eigenvalue weighted by Gasteiger charge is -2.35. The average Bonchev–Trinajstić information content (AvgIpc) is 2.41. The normalized spacial score (nSPS) is 23.5. The number of hydrogen-bond acceptors (Lipinski definition) is 5. The van der Waals surface area contributed by atoms with Crippen LogP contribution in [0, 0.1) is 0 Å². The highest BCUT2D eigenvalue weighted by molar-refractivity contribution is 7.89. The molecule has 1 aliphatic heterocycles. The minimum absolute atomic E-state index is 0.159. The van der Waals surface area contributed by atoms with Crippen LogP contribution in [0.5, 0.6) is 0 Å². The highest BCUT2D eigenvalue weighted by atomic mass is 32.2. The Balaban J connectivity index is 2.36. The zero-order valence-corrected chi connectivity index (χ0v) is 12.6. The summed E-state index contributed by atoms with van der Waals surface area (Å²) in [5.41, 5.74) is 6.38. The van der Waals surface area contributed by atoms with Crippen LogP contribution < -0.4 is 15.8 Å². The van der Waals surface area contributed by atoms with Gasteiger partial charge in [-0.2, -0.15) is 0 Å². The number of sulfonamides is 1. The molecule has 112 valence electrons. The predicted octanol–water partition coefficient (Wildman–Crippen LogP) is 1.16. The Hall–Kier alpha value is -1.31. The van der Waals surface area contributed by atoms with Gasteiger partial charge in [0.2, 0.25) is 10.0 Å². The van der Waals surface area contributed by atoms with E-state index in [9.17, 15) is 8.42 Å². The van der Waals surface area contributed by atoms with Crippen LogP contribution in [0.4, 0.5) is 11.4 Å². The maximum atomic E-state index is 12.1. The number of ether oxygens (including phenoxy) is 1. The molecule has 6 nitrogen and oxygen atoms in total. The summed E-state index contributed by atoms with van der Waals surface area (Å²) in [7, 11) is -2.18. The van der Waals surface area contributed by atoms with Crippen molar-refractivity contribution < 1.29 is 13.2 Å². The lowest BCUT2D eigenvalue weighted by molar-refractivity contribution is 0.0539. The molecule has 0 spiro atoms. The number of benzene rings is 1. The molecule has 0 aliphatic carbocycles. The van der Waals surface area contributed by atoms with E-state index in [0.717, 1.165) is 19.4 Å². The zero-order chi connectivity index (χ0) is 14.8. The van der Waals surface area contributed by atoms with Crippen LogP contribution in [0.25, 0.3) is 0 Å². The van der Waals surface area contributed by atoms with Gasteiger partial charge < -0.3 is 15.8 Å². The van der Waals surface area contributed by atoms with Crippen LogP contribution in [-0.2, 0) is 14.8 Å². The van der Waals surface area contributed by atoms with Crippen LogP contribution >= 0.6 is 0 Å². The second kappa shape index (κ2) is 5.59. The first-order valence-corrected chi connectivity index (χ1v) is 8.04. The minimum Gasteiger partial charge on any atom is -0.399 e. The van der Waals surface area contributed by atoms with E-state index in [1.165, 1.54) is 13.1 Å².